The molecule has 0 bridgehead atoms. The van der Waals surface area contributed by atoms with E-state index < -0.39 is 11.2 Å². The summed E-state index contributed by atoms with van der Waals surface area (Å²) in [5.74, 6) is -0.0331. The SMILES string of the molecule is O=C(Cn1c(=O)[nH]c(=O)c2ccccc21)N1CCCC12CC2. The second-order valence-corrected chi connectivity index (χ2v) is 6.24. The molecule has 1 spiro atoms. The Morgan fingerprint density at radius 2 is 1.95 bits per heavy atom. The number of carbonyl (C=O) groups is 1. The van der Waals surface area contributed by atoms with Crippen LogP contribution in [0.25, 0.3) is 10.9 Å². The molecule has 1 aliphatic carbocycles. The molecule has 6 nitrogen and oxygen atoms in total. The monoisotopic (exact) mass is 299 g/mol. The maximum atomic E-state index is 12.6. The standard InChI is InChI=1S/C16H17N3O3/c20-13(19-9-3-6-16(19)7-8-16)10-18-12-5-2-1-4-11(12)14(21)17-15(18)22/h1-2,4-5H,3,6-10H2,(H,17,21,22). The molecular formula is C16H17N3O3. The van der Waals surface area contributed by atoms with Crippen molar-refractivity contribution in [2.24, 2.45) is 0 Å². The zero-order valence-electron chi connectivity index (χ0n) is 12.2. The fourth-order valence-electron chi connectivity index (χ4n) is 3.61. The van der Waals surface area contributed by atoms with Crippen LogP contribution in [0.1, 0.15) is 25.7 Å². The van der Waals surface area contributed by atoms with Crippen molar-refractivity contribution in [1.29, 1.82) is 0 Å². The number of amides is 1. The molecule has 114 valence electrons. The number of nitrogens with one attached hydrogen (secondary N) is 1. The molecule has 0 radical (unpaired) electrons. The second-order valence-electron chi connectivity index (χ2n) is 6.24. The Labute approximate surface area is 126 Å². The number of aromatic nitrogens is 2. The molecule has 1 aromatic carbocycles. The van der Waals surface area contributed by atoms with Crippen molar-refractivity contribution in [3.05, 3.63) is 45.1 Å². The first-order chi connectivity index (χ1) is 10.6. The summed E-state index contributed by atoms with van der Waals surface area (Å²) in [4.78, 5) is 40.8. The molecule has 22 heavy (non-hydrogen) atoms. The Morgan fingerprint density at radius 1 is 1.18 bits per heavy atom. The van der Waals surface area contributed by atoms with Crippen molar-refractivity contribution in [3.8, 4) is 0 Å². The van der Waals surface area contributed by atoms with Gasteiger partial charge in [0.15, 0.2) is 0 Å². The van der Waals surface area contributed by atoms with Crippen LogP contribution in [0.4, 0.5) is 0 Å². The van der Waals surface area contributed by atoms with Gasteiger partial charge in [0.2, 0.25) is 5.91 Å². The Bertz CT molecular complexity index is 876. The normalized spacial score (nSPS) is 19.0. The predicted octanol–water partition coefficient (Wildman–Crippen LogP) is 0.845. The summed E-state index contributed by atoms with van der Waals surface area (Å²) in [5, 5.41) is 0.428. The average Bonchev–Trinajstić information content (AvgIpc) is 3.14. The van der Waals surface area contributed by atoms with E-state index in [1.54, 1.807) is 24.3 Å². The second kappa shape index (κ2) is 4.56. The molecule has 1 amide bonds. The van der Waals surface area contributed by atoms with Crippen LogP contribution in [0.15, 0.2) is 33.9 Å². The molecule has 2 heterocycles. The van der Waals surface area contributed by atoms with Crippen molar-refractivity contribution in [2.75, 3.05) is 6.54 Å². The van der Waals surface area contributed by atoms with Gasteiger partial charge >= 0.3 is 5.69 Å². The van der Waals surface area contributed by atoms with Crippen LogP contribution < -0.4 is 11.2 Å². The summed E-state index contributed by atoms with van der Waals surface area (Å²) in [5.41, 5.74) is -0.363. The lowest BCUT2D eigenvalue weighted by atomic mass is 10.2. The Morgan fingerprint density at radius 3 is 2.73 bits per heavy atom. The van der Waals surface area contributed by atoms with Crippen LogP contribution in [-0.2, 0) is 11.3 Å². The molecule has 4 rings (SSSR count). The third-order valence-electron chi connectivity index (χ3n) is 4.92. The number of H-pyrrole nitrogens is 1. The van der Waals surface area contributed by atoms with E-state index in [-0.39, 0.29) is 18.0 Å². The van der Waals surface area contributed by atoms with Gasteiger partial charge in [-0.2, -0.15) is 0 Å². The number of nitrogens with zero attached hydrogens (tertiary/aromatic N) is 2. The lowest BCUT2D eigenvalue weighted by Crippen LogP contribution is -2.42. The summed E-state index contributed by atoms with van der Waals surface area (Å²) < 4.78 is 1.37. The molecular weight excluding hydrogens is 282 g/mol. The van der Waals surface area contributed by atoms with Crippen LogP contribution in [0.3, 0.4) is 0 Å². The third-order valence-corrected chi connectivity index (χ3v) is 4.92. The number of fused-ring (bicyclic) bond motifs is 1. The largest absolute Gasteiger partial charge is 0.335 e. The molecule has 0 unspecified atom stereocenters. The lowest BCUT2D eigenvalue weighted by molar-refractivity contribution is -0.133. The van der Waals surface area contributed by atoms with E-state index >= 15 is 0 Å². The molecule has 1 aliphatic heterocycles. The first-order valence-corrected chi connectivity index (χ1v) is 7.63. The Balaban J connectivity index is 1.74. The quantitative estimate of drug-likeness (QED) is 0.893. The maximum absolute atomic E-state index is 12.6. The number of hydrogen-bond acceptors (Lipinski definition) is 3. The molecule has 6 heteroatoms. The first kappa shape index (κ1) is 13.3. The van der Waals surface area contributed by atoms with Gasteiger partial charge in [-0.1, -0.05) is 12.1 Å². The van der Waals surface area contributed by atoms with Crippen molar-refractivity contribution in [3.63, 3.8) is 0 Å². The zero-order chi connectivity index (χ0) is 15.3. The molecule has 2 aliphatic rings. The van der Waals surface area contributed by atoms with Gasteiger partial charge in [0.1, 0.15) is 6.54 Å². The van der Waals surface area contributed by atoms with Crippen LogP contribution in [-0.4, -0.2) is 32.4 Å². The number of para-hydroxylation sites is 1. The fourth-order valence-corrected chi connectivity index (χ4v) is 3.61. The van der Waals surface area contributed by atoms with Crippen molar-refractivity contribution >= 4 is 16.8 Å². The number of rotatable bonds is 2. The van der Waals surface area contributed by atoms with E-state index in [2.05, 4.69) is 4.98 Å². The van der Waals surface area contributed by atoms with Gasteiger partial charge in [0.05, 0.1) is 10.9 Å². The Kier molecular flexibility index (Phi) is 2.76. The molecule has 2 fully saturated rings. The summed E-state index contributed by atoms with van der Waals surface area (Å²) in [6, 6.07) is 6.87. The molecule has 1 saturated carbocycles. The first-order valence-electron chi connectivity index (χ1n) is 7.63. The van der Waals surface area contributed by atoms with Crippen LogP contribution in [0, 0.1) is 0 Å². The number of likely N-dealkylation sites (tertiary alicyclic amines) is 1. The van der Waals surface area contributed by atoms with Crippen LogP contribution in [0.5, 0.6) is 0 Å². The highest BCUT2D eigenvalue weighted by molar-refractivity contribution is 5.82. The highest BCUT2D eigenvalue weighted by Crippen LogP contribution is 2.49. The van der Waals surface area contributed by atoms with Crippen molar-refractivity contribution < 1.29 is 4.79 Å². The van der Waals surface area contributed by atoms with Gasteiger partial charge < -0.3 is 4.90 Å². The van der Waals surface area contributed by atoms with Gasteiger partial charge in [-0.15, -0.1) is 0 Å². The van der Waals surface area contributed by atoms with E-state index in [1.165, 1.54) is 4.57 Å². The molecule has 1 N–H and O–H groups in total. The smallest absolute Gasteiger partial charge is 0.329 e. The van der Waals surface area contributed by atoms with E-state index in [0.29, 0.717) is 10.9 Å². The highest BCUT2D eigenvalue weighted by atomic mass is 16.2. The van der Waals surface area contributed by atoms with E-state index in [0.717, 1.165) is 32.2 Å². The summed E-state index contributed by atoms with van der Waals surface area (Å²) in [6.07, 6.45) is 4.24. The van der Waals surface area contributed by atoms with Gasteiger partial charge in [0, 0.05) is 12.1 Å². The third kappa shape index (κ3) is 1.90. The molecule has 1 saturated heterocycles. The van der Waals surface area contributed by atoms with E-state index in [9.17, 15) is 14.4 Å². The minimum Gasteiger partial charge on any atom is -0.335 e. The summed E-state index contributed by atoms with van der Waals surface area (Å²) in [7, 11) is 0. The van der Waals surface area contributed by atoms with E-state index in [4.69, 9.17) is 0 Å². The Hall–Kier alpha value is -2.37. The number of benzene rings is 1. The van der Waals surface area contributed by atoms with E-state index in [1.807, 2.05) is 4.90 Å². The number of aromatic amines is 1. The minimum absolute atomic E-state index is 0.0160. The van der Waals surface area contributed by atoms with Crippen LogP contribution >= 0.6 is 0 Å². The number of carbonyl (C=O) groups excluding carboxylic acids is 1. The molecule has 0 atom stereocenters. The summed E-state index contributed by atoms with van der Waals surface area (Å²) >= 11 is 0. The highest BCUT2D eigenvalue weighted by Gasteiger charge is 2.52. The topological polar surface area (TPSA) is 75.2 Å². The maximum Gasteiger partial charge on any atom is 0.329 e. The molecule has 2 aromatic rings. The minimum atomic E-state index is -0.527. The lowest BCUT2D eigenvalue weighted by Gasteiger charge is -2.24. The zero-order valence-corrected chi connectivity index (χ0v) is 12.2. The van der Waals surface area contributed by atoms with Gasteiger partial charge in [-0.05, 0) is 37.8 Å². The van der Waals surface area contributed by atoms with Gasteiger partial charge in [-0.25, -0.2) is 4.79 Å². The predicted molar refractivity (Wildman–Crippen MR) is 81.7 cm³/mol. The molecule has 1 aromatic heterocycles. The van der Waals surface area contributed by atoms with Crippen LogP contribution in [0.2, 0.25) is 0 Å². The van der Waals surface area contributed by atoms with Gasteiger partial charge in [-0.3, -0.25) is 19.1 Å². The number of hydrogen-bond donors (Lipinski definition) is 1. The fraction of sp³-hybridized carbons (Fsp3) is 0.438. The van der Waals surface area contributed by atoms with Crippen molar-refractivity contribution in [2.45, 2.75) is 37.8 Å². The van der Waals surface area contributed by atoms with Crippen molar-refractivity contribution in [1.82, 2.24) is 14.5 Å². The summed E-state index contributed by atoms with van der Waals surface area (Å²) in [6.45, 7) is 0.757. The van der Waals surface area contributed by atoms with Gasteiger partial charge in [0.25, 0.3) is 5.56 Å². The average molecular weight is 299 g/mol.